The number of esters is 1. The van der Waals surface area contributed by atoms with Gasteiger partial charge in [-0.3, -0.25) is 4.79 Å². The Labute approximate surface area is 125 Å². The Morgan fingerprint density at radius 2 is 2.38 bits per heavy atom. The van der Waals surface area contributed by atoms with Crippen molar-refractivity contribution in [1.29, 1.82) is 0 Å². The van der Waals surface area contributed by atoms with Crippen molar-refractivity contribution in [3.05, 3.63) is 29.3 Å². The molecule has 1 aromatic carbocycles. The molecular weight excluding hydrogens is 292 g/mol. The van der Waals surface area contributed by atoms with E-state index in [1.54, 1.807) is 13.1 Å². The number of fused-ring (bicyclic) bond motifs is 1. The smallest absolute Gasteiger partial charge is 0.310 e. The third kappa shape index (κ3) is 2.92. The molecule has 2 heterocycles. The summed E-state index contributed by atoms with van der Waals surface area (Å²) in [4.78, 5) is 16.0. The lowest BCUT2D eigenvalue weighted by molar-refractivity contribution is -0.142. The third-order valence-corrected chi connectivity index (χ3v) is 3.63. The molecule has 1 aliphatic rings. The molecule has 0 saturated heterocycles. The van der Waals surface area contributed by atoms with Crippen LogP contribution < -0.4 is 14.8 Å². The van der Waals surface area contributed by atoms with Crippen molar-refractivity contribution < 1.29 is 19.0 Å². The van der Waals surface area contributed by atoms with E-state index in [1.165, 1.54) is 11.3 Å². The quantitative estimate of drug-likeness (QED) is 0.857. The van der Waals surface area contributed by atoms with Gasteiger partial charge in [-0.2, -0.15) is 0 Å². The highest BCUT2D eigenvalue weighted by Gasteiger charge is 2.23. The molecule has 0 radical (unpaired) electrons. The number of hydrogen-bond donors (Lipinski definition) is 1. The first-order chi connectivity index (χ1) is 10.3. The molecule has 2 aromatic rings. The third-order valence-electron chi connectivity index (χ3n) is 2.94. The van der Waals surface area contributed by atoms with Crippen LogP contribution in [0.3, 0.4) is 0 Å². The first-order valence-corrected chi connectivity index (χ1v) is 7.39. The summed E-state index contributed by atoms with van der Waals surface area (Å²) in [6.07, 6.45) is 1.83. The van der Waals surface area contributed by atoms with Gasteiger partial charge in [-0.15, -0.1) is 11.3 Å². The minimum atomic E-state index is -0.302. The second-order valence-electron chi connectivity index (χ2n) is 4.27. The molecule has 0 unspecified atom stereocenters. The summed E-state index contributed by atoms with van der Waals surface area (Å²) in [7, 11) is 0. The van der Waals surface area contributed by atoms with E-state index in [-0.39, 0.29) is 19.2 Å². The first kappa shape index (κ1) is 13.7. The van der Waals surface area contributed by atoms with E-state index in [4.69, 9.17) is 14.2 Å². The van der Waals surface area contributed by atoms with Crippen molar-refractivity contribution in [2.75, 3.05) is 18.7 Å². The molecule has 0 spiro atoms. The Morgan fingerprint density at radius 1 is 1.48 bits per heavy atom. The highest BCUT2D eigenvalue weighted by molar-refractivity contribution is 7.13. The van der Waals surface area contributed by atoms with Gasteiger partial charge in [0.15, 0.2) is 16.6 Å². The molecule has 1 N–H and O–H groups in total. The van der Waals surface area contributed by atoms with Gasteiger partial charge < -0.3 is 19.5 Å². The van der Waals surface area contributed by atoms with Gasteiger partial charge in [-0.25, -0.2) is 4.98 Å². The first-order valence-electron chi connectivity index (χ1n) is 6.51. The number of thiazole rings is 1. The van der Waals surface area contributed by atoms with E-state index in [1.807, 2.05) is 17.5 Å². The molecule has 0 saturated carbocycles. The van der Waals surface area contributed by atoms with Crippen molar-refractivity contribution in [2.45, 2.75) is 13.3 Å². The van der Waals surface area contributed by atoms with E-state index in [0.29, 0.717) is 18.1 Å². The average Bonchev–Trinajstić information content (AvgIpc) is 3.12. The topological polar surface area (TPSA) is 69.7 Å². The van der Waals surface area contributed by atoms with E-state index >= 15 is 0 Å². The molecule has 0 amide bonds. The maximum Gasteiger partial charge on any atom is 0.310 e. The standard InChI is InChI=1S/C14H14N2O4S/c1-2-18-12(17)7-9-10(16-14-15-5-6-21-14)3-4-11-13(9)20-8-19-11/h3-6H,2,7-8H2,1H3,(H,15,16). The predicted molar refractivity (Wildman–Crippen MR) is 78.3 cm³/mol. The summed E-state index contributed by atoms with van der Waals surface area (Å²) < 4.78 is 15.9. The van der Waals surface area contributed by atoms with Gasteiger partial charge in [-0.1, -0.05) is 0 Å². The number of carbonyl (C=O) groups excluding carboxylic acids is 1. The lowest BCUT2D eigenvalue weighted by Gasteiger charge is -2.12. The van der Waals surface area contributed by atoms with Crippen LogP contribution in [-0.2, 0) is 16.0 Å². The number of nitrogens with one attached hydrogen (secondary N) is 1. The van der Waals surface area contributed by atoms with Crippen LogP contribution in [0.25, 0.3) is 0 Å². The fourth-order valence-corrected chi connectivity index (χ4v) is 2.62. The van der Waals surface area contributed by atoms with Gasteiger partial charge in [0.1, 0.15) is 0 Å². The molecule has 0 atom stereocenters. The van der Waals surface area contributed by atoms with Crippen LogP contribution in [0, 0.1) is 0 Å². The molecule has 0 aliphatic carbocycles. The lowest BCUT2D eigenvalue weighted by Crippen LogP contribution is -2.10. The molecule has 6 nitrogen and oxygen atoms in total. The molecule has 1 aromatic heterocycles. The monoisotopic (exact) mass is 306 g/mol. The summed E-state index contributed by atoms with van der Waals surface area (Å²) in [5.74, 6) is 0.923. The molecule has 0 bridgehead atoms. The van der Waals surface area contributed by atoms with Crippen LogP contribution in [0.15, 0.2) is 23.7 Å². The highest BCUT2D eigenvalue weighted by Crippen LogP contribution is 2.41. The van der Waals surface area contributed by atoms with Gasteiger partial charge in [0.25, 0.3) is 0 Å². The Morgan fingerprint density at radius 3 is 3.14 bits per heavy atom. The Balaban J connectivity index is 1.93. The van der Waals surface area contributed by atoms with Crippen LogP contribution in [0.5, 0.6) is 11.5 Å². The largest absolute Gasteiger partial charge is 0.466 e. The van der Waals surface area contributed by atoms with E-state index in [0.717, 1.165) is 16.4 Å². The molecule has 1 aliphatic heterocycles. The fraction of sp³-hybridized carbons (Fsp3) is 0.286. The average molecular weight is 306 g/mol. The summed E-state index contributed by atoms with van der Waals surface area (Å²) in [6.45, 7) is 2.29. The molecule has 7 heteroatoms. The second kappa shape index (κ2) is 6.01. The Kier molecular flexibility index (Phi) is 3.92. The van der Waals surface area contributed by atoms with Gasteiger partial charge in [0, 0.05) is 22.8 Å². The Hall–Kier alpha value is -2.28. The number of rotatable bonds is 5. The number of carbonyl (C=O) groups is 1. The van der Waals surface area contributed by atoms with E-state index in [9.17, 15) is 4.79 Å². The second-order valence-corrected chi connectivity index (χ2v) is 5.16. The maximum atomic E-state index is 11.8. The molecule has 21 heavy (non-hydrogen) atoms. The van der Waals surface area contributed by atoms with Crippen molar-refractivity contribution in [1.82, 2.24) is 4.98 Å². The molecule has 3 rings (SSSR count). The zero-order chi connectivity index (χ0) is 14.7. The van der Waals surface area contributed by atoms with Crippen LogP contribution in [-0.4, -0.2) is 24.4 Å². The minimum Gasteiger partial charge on any atom is -0.466 e. The number of aromatic nitrogens is 1. The molecule has 0 fully saturated rings. The lowest BCUT2D eigenvalue weighted by atomic mass is 10.1. The number of nitrogens with zero attached hydrogens (tertiary/aromatic N) is 1. The summed E-state index contributed by atoms with van der Waals surface area (Å²) in [6, 6.07) is 3.66. The van der Waals surface area contributed by atoms with E-state index in [2.05, 4.69) is 10.3 Å². The molecule has 110 valence electrons. The number of anilines is 2. The zero-order valence-corrected chi connectivity index (χ0v) is 12.2. The van der Waals surface area contributed by atoms with Gasteiger partial charge in [0.2, 0.25) is 6.79 Å². The van der Waals surface area contributed by atoms with Crippen molar-refractivity contribution >= 4 is 28.1 Å². The van der Waals surface area contributed by atoms with Crippen LogP contribution >= 0.6 is 11.3 Å². The highest BCUT2D eigenvalue weighted by atomic mass is 32.1. The van der Waals surface area contributed by atoms with Crippen LogP contribution in [0.2, 0.25) is 0 Å². The van der Waals surface area contributed by atoms with E-state index < -0.39 is 0 Å². The summed E-state index contributed by atoms with van der Waals surface area (Å²) in [5, 5.41) is 5.82. The van der Waals surface area contributed by atoms with Crippen LogP contribution in [0.4, 0.5) is 10.8 Å². The van der Waals surface area contributed by atoms with Crippen LogP contribution in [0.1, 0.15) is 12.5 Å². The van der Waals surface area contributed by atoms with Crippen molar-refractivity contribution in [3.8, 4) is 11.5 Å². The van der Waals surface area contributed by atoms with Gasteiger partial charge >= 0.3 is 5.97 Å². The normalized spacial score (nSPS) is 12.2. The van der Waals surface area contributed by atoms with Gasteiger partial charge in [0.05, 0.1) is 13.0 Å². The number of benzene rings is 1. The SMILES string of the molecule is CCOC(=O)Cc1c(Nc2nccs2)ccc2c1OCO2. The van der Waals surface area contributed by atoms with Gasteiger partial charge in [-0.05, 0) is 19.1 Å². The summed E-state index contributed by atoms with van der Waals surface area (Å²) in [5.41, 5.74) is 1.49. The Bertz CT molecular complexity index is 643. The maximum absolute atomic E-state index is 11.8. The predicted octanol–water partition coefficient (Wildman–Crippen LogP) is 2.72. The number of hydrogen-bond acceptors (Lipinski definition) is 7. The minimum absolute atomic E-state index is 0.119. The van der Waals surface area contributed by atoms with Crippen molar-refractivity contribution in [2.24, 2.45) is 0 Å². The molecular formula is C14H14N2O4S. The number of ether oxygens (including phenoxy) is 3. The van der Waals surface area contributed by atoms with Crippen molar-refractivity contribution in [3.63, 3.8) is 0 Å². The summed E-state index contributed by atoms with van der Waals surface area (Å²) >= 11 is 1.48. The fourth-order valence-electron chi connectivity index (χ4n) is 2.08. The zero-order valence-electron chi connectivity index (χ0n) is 11.4.